The van der Waals surface area contributed by atoms with Gasteiger partial charge in [-0.15, -0.1) is 0 Å². The van der Waals surface area contributed by atoms with Crippen molar-refractivity contribution in [3.8, 4) is 0 Å². The molecule has 108 valence electrons. The van der Waals surface area contributed by atoms with E-state index in [1.54, 1.807) is 24.3 Å². The number of hydrogen-bond acceptors (Lipinski definition) is 3. The number of carbonyl (C=O) groups excluding carboxylic acids is 1. The molecular weight excluding hydrogens is 304 g/mol. The maximum Gasteiger partial charge on any atom is 0.283 e. The van der Waals surface area contributed by atoms with E-state index in [1.807, 2.05) is 0 Å². The first-order valence-electron chi connectivity index (χ1n) is 5.80. The van der Waals surface area contributed by atoms with Gasteiger partial charge in [0.15, 0.2) is 17.4 Å². The molecule has 0 aliphatic rings. The molecule has 0 aromatic heterocycles. The summed E-state index contributed by atoms with van der Waals surface area (Å²) in [5.74, 6) is -3.41. The van der Waals surface area contributed by atoms with E-state index in [4.69, 9.17) is 11.6 Å². The van der Waals surface area contributed by atoms with Crippen LogP contribution in [-0.2, 0) is 6.42 Å². The number of nitrogens with zero attached hydrogens (tertiary/aromatic N) is 1. The van der Waals surface area contributed by atoms with Gasteiger partial charge in [-0.05, 0) is 17.7 Å². The van der Waals surface area contributed by atoms with Gasteiger partial charge in [0.2, 0.25) is 0 Å². The molecule has 0 aliphatic carbocycles. The van der Waals surface area contributed by atoms with Crippen molar-refractivity contribution < 1.29 is 18.5 Å². The topological polar surface area (TPSA) is 60.2 Å². The number of benzene rings is 2. The van der Waals surface area contributed by atoms with Crippen molar-refractivity contribution >= 4 is 23.1 Å². The molecule has 21 heavy (non-hydrogen) atoms. The molecule has 0 aliphatic heterocycles. The van der Waals surface area contributed by atoms with Crippen molar-refractivity contribution in [3.05, 3.63) is 74.3 Å². The Morgan fingerprint density at radius 3 is 2.43 bits per heavy atom. The molecule has 2 aromatic rings. The molecule has 2 rings (SSSR count). The number of hydrogen-bond donors (Lipinski definition) is 0. The molecule has 0 saturated heterocycles. The maximum absolute atomic E-state index is 13.2. The maximum atomic E-state index is 13.2. The number of ketones is 1. The third-order valence-corrected chi connectivity index (χ3v) is 3.21. The fraction of sp³-hybridized carbons (Fsp3) is 0.0714. The summed E-state index contributed by atoms with van der Waals surface area (Å²) < 4.78 is 26.3. The molecular formula is C14H8ClF2NO3. The molecule has 0 unspecified atom stereocenters. The summed E-state index contributed by atoms with van der Waals surface area (Å²) in [6, 6.07) is 7.38. The summed E-state index contributed by atoms with van der Waals surface area (Å²) in [5, 5.41) is 11.2. The zero-order valence-corrected chi connectivity index (χ0v) is 11.2. The highest BCUT2D eigenvalue weighted by atomic mass is 35.5. The van der Waals surface area contributed by atoms with Crippen molar-refractivity contribution in [3.63, 3.8) is 0 Å². The second kappa shape index (κ2) is 5.97. The fourth-order valence-corrected chi connectivity index (χ4v) is 2.02. The smallest absolute Gasteiger partial charge is 0.283 e. The highest BCUT2D eigenvalue weighted by Gasteiger charge is 2.24. The Kier molecular flexibility index (Phi) is 4.28. The molecule has 7 heteroatoms. The molecule has 0 saturated carbocycles. The number of carbonyl (C=O) groups is 1. The Labute approximate surface area is 123 Å². The monoisotopic (exact) mass is 311 g/mol. The lowest BCUT2D eigenvalue weighted by Gasteiger charge is -2.05. The summed E-state index contributed by atoms with van der Waals surface area (Å²) >= 11 is 5.89. The van der Waals surface area contributed by atoms with Gasteiger partial charge in [-0.2, -0.15) is 0 Å². The molecule has 0 radical (unpaired) electrons. The zero-order chi connectivity index (χ0) is 15.6. The van der Waals surface area contributed by atoms with Gasteiger partial charge in [0.1, 0.15) is 0 Å². The van der Waals surface area contributed by atoms with E-state index < -0.39 is 33.6 Å². The van der Waals surface area contributed by atoms with Gasteiger partial charge < -0.3 is 0 Å². The van der Waals surface area contributed by atoms with Gasteiger partial charge in [-0.1, -0.05) is 29.8 Å². The van der Waals surface area contributed by atoms with Crippen molar-refractivity contribution in [1.29, 1.82) is 0 Å². The number of nitro groups is 1. The third kappa shape index (κ3) is 3.22. The van der Waals surface area contributed by atoms with Gasteiger partial charge in [-0.3, -0.25) is 14.9 Å². The third-order valence-electron chi connectivity index (χ3n) is 2.84. The van der Waals surface area contributed by atoms with Crippen LogP contribution in [0.2, 0.25) is 5.02 Å². The molecule has 0 bridgehead atoms. The number of nitro benzene ring substituents is 1. The Bertz CT molecular complexity index is 734. The number of Topliss-reactive ketones (excluding diaryl/α,β-unsaturated/α-hetero) is 1. The average molecular weight is 312 g/mol. The molecule has 0 heterocycles. The lowest BCUT2D eigenvalue weighted by molar-refractivity contribution is -0.385. The standard InChI is InChI=1S/C14H8ClF2NO3/c15-10-4-2-1-3-8(10)5-14(19)9-6-11(16)12(17)7-13(9)18(20)21/h1-4,6-7H,5H2. The summed E-state index contributed by atoms with van der Waals surface area (Å²) in [7, 11) is 0. The highest BCUT2D eigenvalue weighted by molar-refractivity contribution is 6.31. The van der Waals surface area contributed by atoms with Crippen molar-refractivity contribution in [2.45, 2.75) is 6.42 Å². The second-order valence-corrected chi connectivity index (χ2v) is 4.64. The van der Waals surface area contributed by atoms with Gasteiger partial charge >= 0.3 is 0 Å². The lowest BCUT2D eigenvalue weighted by Crippen LogP contribution is -2.09. The largest absolute Gasteiger partial charge is 0.294 e. The summed E-state index contributed by atoms with van der Waals surface area (Å²) in [6.07, 6.45) is -0.244. The minimum absolute atomic E-state index is 0.244. The van der Waals surface area contributed by atoms with Crippen molar-refractivity contribution in [2.24, 2.45) is 0 Å². The van der Waals surface area contributed by atoms with Crippen LogP contribution >= 0.6 is 11.6 Å². The summed E-state index contributed by atoms with van der Waals surface area (Å²) in [6.45, 7) is 0. The van der Waals surface area contributed by atoms with Gasteiger partial charge in [0.25, 0.3) is 5.69 Å². The van der Waals surface area contributed by atoms with E-state index in [9.17, 15) is 23.7 Å². The van der Waals surface area contributed by atoms with Crippen LogP contribution in [0.25, 0.3) is 0 Å². The minimum atomic E-state index is -1.38. The molecule has 4 nitrogen and oxygen atoms in total. The minimum Gasteiger partial charge on any atom is -0.294 e. The van der Waals surface area contributed by atoms with E-state index in [0.29, 0.717) is 22.7 Å². The van der Waals surface area contributed by atoms with Crippen LogP contribution in [0, 0.1) is 21.7 Å². The zero-order valence-electron chi connectivity index (χ0n) is 10.5. The Morgan fingerprint density at radius 1 is 1.19 bits per heavy atom. The first-order chi connectivity index (χ1) is 9.90. The van der Waals surface area contributed by atoms with Gasteiger partial charge in [0, 0.05) is 11.4 Å². The lowest BCUT2D eigenvalue weighted by atomic mass is 10.0. The van der Waals surface area contributed by atoms with E-state index in [2.05, 4.69) is 0 Å². The van der Waals surface area contributed by atoms with Crippen LogP contribution < -0.4 is 0 Å². The van der Waals surface area contributed by atoms with Crippen molar-refractivity contribution in [1.82, 2.24) is 0 Å². The van der Waals surface area contributed by atoms with Crippen LogP contribution in [0.1, 0.15) is 15.9 Å². The number of halogens is 3. The molecule has 0 atom stereocenters. The first kappa shape index (κ1) is 15.1. The van der Waals surface area contributed by atoms with Crippen LogP contribution in [0.3, 0.4) is 0 Å². The molecule has 0 N–H and O–H groups in total. The van der Waals surface area contributed by atoms with Gasteiger partial charge in [0.05, 0.1) is 16.6 Å². The van der Waals surface area contributed by atoms with Gasteiger partial charge in [-0.25, -0.2) is 8.78 Å². The Hall–Kier alpha value is -2.34. The molecule has 0 amide bonds. The van der Waals surface area contributed by atoms with Crippen molar-refractivity contribution in [2.75, 3.05) is 0 Å². The Morgan fingerprint density at radius 2 is 1.81 bits per heavy atom. The summed E-state index contributed by atoms with van der Waals surface area (Å²) in [4.78, 5) is 22.0. The molecule has 0 spiro atoms. The quantitative estimate of drug-likeness (QED) is 0.488. The van der Waals surface area contributed by atoms with Crippen LogP contribution in [-0.4, -0.2) is 10.7 Å². The van der Waals surface area contributed by atoms with Crippen LogP contribution in [0.4, 0.5) is 14.5 Å². The predicted octanol–water partition coefficient (Wildman–Crippen LogP) is 3.95. The van der Waals surface area contributed by atoms with E-state index in [0.717, 1.165) is 0 Å². The van der Waals surface area contributed by atoms with E-state index >= 15 is 0 Å². The van der Waals surface area contributed by atoms with Crippen LogP contribution in [0.15, 0.2) is 36.4 Å². The second-order valence-electron chi connectivity index (χ2n) is 4.23. The van der Waals surface area contributed by atoms with E-state index in [1.165, 1.54) is 0 Å². The summed E-state index contributed by atoms with van der Waals surface area (Å²) in [5.41, 5.74) is -0.812. The normalized spacial score (nSPS) is 10.4. The van der Waals surface area contributed by atoms with Crippen LogP contribution in [0.5, 0.6) is 0 Å². The molecule has 0 fully saturated rings. The Balaban J connectivity index is 2.42. The first-order valence-corrected chi connectivity index (χ1v) is 6.18. The highest BCUT2D eigenvalue weighted by Crippen LogP contribution is 2.25. The predicted molar refractivity (Wildman–Crippen MR) is 72.5 cm³/mol. The van der Waals surface area contributed by atoms with E-state index in [-0.39, 0.29) is 6.42 Å². The fourth-order valence-electron chi connectivity index (χ4n) is 1.82. The molecule has 2 aromatic carbocycles. The SMILES string of the molecule is O=C(Cc1ccccc1Cl)c1cc(F)c(F)cc1[N+](=O)[O-]. The number of rotatable bonds is 4. The average Bonchev–Trinajstić information content (AvgIpc) is 2.43.